The van der Waals surface area contributed by atoms with Gasteiger partial charge in [-0.1, -0.05) is 184 Å². The third-order valence-corrected chi connectivity index (χ3v) is 11.1. The molecule has 10 nitrogen and oxygen atoms in total. The molecular weight excluding hydrogens is 786 g/mol. The zero-order valence-electron chi connectivity index (χ0n) is 37.0. The summed E-state index contributed by atoms with van der Waals surface area (Å²) in [4.78, 5) is 64.3. The lowest BCUT2D eigenvalue weighted by atomic mass is 10.1. The fourth-order valence-corrected chi connectivity index (χ4v) is 7.14. The Morgan fingerprint density at radius 2 is 0.842 bits per heavy atom. The van der Waals surface area contributed by atoms with Gasteiger partial charge >= 0.3 is 11.9 Å². The summed E-state index contributed by atoms with van der Waals surface area (Å²) in [7, 11) is 0. The molecule has 0 rings (SSSR count). The lowest BCUT2D eigenvalue weighted by Gasteiger charge is -2.22. The minimum Gasteiger partial charge on any atom is -0.466 e. The Hall–Kier alpha value is -2.17. The molecule has 0 spiro atoms. The van der Waals surface area contributed by atoms with Crippen LogP contribution in [0, 0.1) is 0 Å². The largest absolute Gasteiger partial charge is 0.466 e. The minimum absolute atomic E-state index is 0.0315. The Balaban J connectivity index is 4.76. The second kappa shape index (κ2) is 40.6. The van der Waals surface area contributed by atoms with Crippen molar-refractivity contribution in [1.29, 1.82) is 0 Å². The molecule has 0 aliphatic carbocycles. The van der Waals surface area contributed by atoms with Gasteiger partial charge < -0.3 is 25.4 Å². The number of alkyl halides is 1. The third-order valence-electron chi connectivity index (χ3n) is 10.6. The molecular formula is C46H86BrN3O7. The van der Waals surface area contributed by atoms with Gasteiger partial charge in [0.15, 0.2) is 0 Å². The molecule has 0 unspecified atom stereocenters. The average Bonchev–Trinajstić information content (AvgIpc) is 3.19. The summed E-state index contributed by atoms with van der Waals surface area (Å²) in [6.07, 6.45) is 32.8. The topological polar surface area (TPSA) is 140 Å². The summed E-state index contributed by atoms with van der Waals surface area (Å²) in [5, 5.41) is 9.11. The van der Waals surface area contributed by atoms with Crippen LogP contribution >= 0.6 is 15.9 Å². The lowest BCUT2D eigenvalue weighted by molar-refractivity contribution is -0.149. The van der Waals surface area contributed by atoms with Gasteiger partial charge in [0.2, 0.25) is 17.7 Å². The molecule has 334 valence electrons. The molecule has 57 heavy (non-hydrogen) atoms. The Kier molecular flexibility index (Phi) is 39.1. The number of hydrogen-bond acceptors (Lipinski definition) is 7. The first-order chi connectivity index (χ1) is 27.7. The fraction of sp³-hybridized carbons (Fsp3) is 0.891. The molecule has 3 atom stereocenters. The first-order valence-corrected chi connectivity index (χ1v) is 24.6. The number of amides is 3. The average molecular weight is 873 g/mol. The van der Waals surface area contributed by atoms with E-state index in [1.54, 1.807) is 6.92 Å². The molecule has 0 aromatic rings. The van der Waals surface area contributed by atoms with E-state index in [4.69, 9.17) is 9.47 Å². The zero-order valence-corrected chi connectivity index (χ0v) is 38.6. The van der Waals surface area contributed by atoms with Crippen LogP contribution < -0.4 is 16.0 Å². The second-order valence-electron chi connectivity index (χ2n) is 16.1. The SMILES string of the molecule is CCCCCCCCCCCCOC(=O)CC[C@H](NC(=O)[C@H](C)NC(=O)[C@H](C)NC(=O)CCCCCCCCCCBr)C(=O)OCCCCCCCCCCCC. The molecule has 0 bridgehead atoms. The first-order valence-electron chi connectivity index (χ1n) is 23.4. The van der Waals surface area contributed by atoms with E-state index in [9.17, 15) is 24.0 Å². The normalized spacial score (nSPS) is 12.7. The molecule has 3 N–H and O–H groups in total. The van der Waals surface area contributed by atoms with Crippen molar-refractivity contribution >= 4 is 45.6 Å². The van der Waals surface area contributed by atoms with Gasteiger partial charge in [-0.05, 0) is 46.0 Å². The van der Waals surface area contributed by atoms with Crippen LogP contribution in [0.15, 0.2) is 0 Å². The number of halogens is 1. The van der Waals surface area contributed by atoms with E-state index in [2.05, 4.69) is 45.7 Å². The summed E-state index contributed by atoms with van der Waals surface area (Å²) < 4.78 is 11.0. The number of unbranched alkanes of at least 4 members (excludes halogenated alkanes) is 25. The molecule has 0 aliphatic rings. The number of carbonyl (C=O) groups excluding carboxylic acids is 5. The Morgan fingerprint density at radius 1 is 0.456 bits per heavy atom. The van der Waals surface area contributed by atoms with Crippen LogP contribution in [0.2, 0.25) is 0 Å². The van der Waals surface area contributed by atoms with E-state index < -0.39 is 41.9 Å². The molecule has 11 heteroatoms. The lowest BCUT2D eigenvalue weighted by Crippen LogP contribution is -2.54. The number of hydrogen-bond donors (Lipinski definition) is 3. The quantitative estimate of drug-likeness (QED) is 0.0316. The maximum absolute atomic E-state index is 13.2. The number of carbonyl (C=O) groups is 5. The van der Waals surface area contributed by atoms with Gasteiger partial charge in [-0.3, -0.25) is 19.2 Å². The van der Waals surface area contributed by atoms with Crippen molar-refractivity contribution in [2.45, 2.75) is 245 Å². The molecule has 3 amide bonds. The summed E-state index contributed by atoms with van der Waals surface area (Å²) in [5.41, 5.74) is 0. The standard InChI is InChI=1S/C46H86BrN3O7/c1-5-7-9-11-13-15-19-23-27-31-37-56-43(52)35-34-41(46(55)57-38-32-28-24-20-16-14-12-10-8-6-2)50-45(54)40(4)49-44(53)39(3)48-42(51)33-29-25-21-17-18-22-26-30-36-47/h39-41H,5-38H2,1-4H3,(H,48,51)(H,49,53)(H,50,54)/t39-,40-,41-/m0/s1. The zero-order chi connectivity index (χ0) is 42.2. The predicted octanol–water partition coefficient (Wildman–Crippen LogP) is 11.1. The van der Waals surface area contributed by atoms with Gasteiger partial charge in [0, 0.05) is 18.2 Å². The summed E-state index contributed by atoms with van der Waals surface area (Å²) in [5.74, 6) is -2.29. The van der Waals surface area contributed by atoms with Crippen molar-refractivity contribution in [3.8, 4) is 0 Å². The smallest absolute Gasteiger partial charge is 0.328 e. The Morgan fingerprint density at radius 3 is 1.32 bits per heavy atom. The van der Waals surface area contributed by atoms with Crippen molar-refractivity contribution in [1.82, 2.24) is 16.0 Å². The Labute approximate surface area is 357 Å². The van der Waals surface area contributed by atoms with Crippen LogP contribution in [0.25, 0.3) is 0 Å². The number of rotatable bonds is 41. The van der Waals surface area contributed by atoms with E-state index in [1.807, 2.05) is 0 Å². The van der Waals surface area contributed by atoms with Gasteiger partial charge in [-0.2, -0.15) is 0 Å². The number of nitrogens with one attached hydrogen (secondary N) is 3. The molecule has 0 saturated carbocycles. The molecule has 0 heterocycles. The highest BCUT2D eigenvalue weighted by Gasteiger charge is 2.27. The summed E-state index contributed by atoms with van der Waals surface area (Å²) in [6.45, 7) is 8.14. The predicted molar refractivity (Wildman–Crippen MR) is 237 cm³/mol. The highest BCUT2D eigenvalue weighted by atomic mass is 79.9. The van der Waals surface area contributed by atoms with E-state index >= 15 is 0 Å². The van der Waals surface area contributed by atoms with Crippen LogP contribution in [-0.4, -0.2) is 66.3 Å². The van der Waals surface area contributed by atoms with Crippen molar-refractivity contribution in [3.05, 3.63) is 0 Å². The highest BCUT2D eigenvalue weighted by molar-refractivity contribution is 9.09. The maximum Gasteiger partial charge on any atom is 0.328 e. The van der Waals surface area contributed by atoms with Gasteiger partial charge in [0.25, 0.3) is 0 Å². The maximum atomic E-state index is 13.2. The van der Waals surface area contributed by atoms with Crippen LogP contribution in [0.1, 0.15) is 227 Å². The van der Waals surface area contributed by atoms with E-state index in [0.29, 0.717) is 13.0 Å². The van der Waals surface area contributed by atoms with Crippen molar-refractivity contribution < 1.29 is 33.4 Å². The number of ether oxygens (including phenoxy) is 2. The van der Waals surface area contributed by atoms with E-state index in [0.717, 1.165) is 63.1 Å². The summed E-state index contributed by atoms with van der Waals surface area (Å²) >= 11 is 3.46. The van der Waals surface area contributed by atoms with Crippen molar-refractivity contribution in [3.63, 3.8) is 0 Å². The van der Waals surface area contributed by atoms with Crippen LogP contribution in [0.3, 0.4) is 0 Å². The molecule has 0 aromatic carbocycles. The van der Waals surface area contributed by atoms with Gasteiger partial charge in [-0.15, -0.1) is 0 Å². The van der Waals surface area contributed by atoms with Crippen LogP contribution in [-0.2, 0) is 33.4 Å². The van der Waals surface area contributed by atoms with Gasteiger partial charge in [-0.25, -0.2) is 4.79 Å². The molecule has 0 aliphatic heterocycles. The van der Waals surface area contributed by atoms with E-state index in [-0.39, 0.29) is 25.4 Å². The molecule has 0 saturated heterocycles. The molecule has 0 aromatic heterocycles. The first kappa shape index (κ1) is 54.8. The fourth-order valence-electron chi connectivity index (χ4n) is 6.74. The van der Waals surface area contributed by atoms with Gasteiger partial charge in [0.1, 0.15) is 18.1 Å². The second-order valence-corrected chi connectivity index (χ2v) is 16.9. The van der Waals surface area contributed by atoms with Crippen LogP contribution in [0.4, 0.5) is 0 Å². The molecule has 0 radical (unpaired) electrons. The third kappa shape index (κ3) is 35.5. The number of esters is 2. The van der Waals surface area contributed by atoms with Crippen molar-refractivity contribution in [2.75, 3.05) is 18.5 Å². The van der Waals surface area contributed by atoms with Crippen LogP contribution in [0.5, 0.6) is 0 Å². The highest BCUT2D eigenvalue weighted by Crippen LogP contribution is 2.14. The molecule has 0 fully saturated rings. The summed E-state index contributed by atoms with van der Waals surface area (Å²) in [6, 6.07) is -2.86. The monoisotopic (exact) mass is 872 g/mol. The van der Waals surface area contributed by atoms with E-state index in [1.165, 1.54) is 129 Å². The Bertz CT molecular complexity index is 1010. The van der Waals surface area contributed by atoms with Crippen molar-refractivity contribution in [2.24, 2.45) is 0 Å². The van der Waals surface area contributed by atoms with Gasteiger partial charge in [0.05, 0.1) is 13.2 Å². The minimum atomic E-state index is -1.06.